The summed E-state index contributed by atoms with van der Waals surface area (Å²) in [7, 11) is -3.62. The van der Waals surface area contributed by atoms with E-state index in [1.54, 1.807) is 24.3 Å². The molecule has 0 atom stereocenters. The van der Waals surface area contributed by atoms with Gasteiger partial charge in [0.15, 0.2) is 0 Å². The van der Waals surface area contributed by atoms with Gasteiger partial charge in [-0.25, -0.2) is 18.4 Å². The summed E-state index contributed by atoms with van der Waals surface area (Å²) in [6, 6.07) is 14.7. The van der Waals surface area contributed by atoms with Gasteiger partial charge >= 0.3 is 0 Å². The number of aromatic amines is 1. The van der Waals surface area contributed by atoms with Gasteiger partial charge < -0.3 is 4.98 Å². The van der Waals surface area contributed by atoms with Crippen molar-refractivity contribution in [1.82, 2.24) is 15.0 Å². The molecule has 0 radical (unpaired) electrons. The molecule has 2 heterocycles. The molecule has 29 heavy (non-hydrogen) atoms. The van der Waals surface area contributed by atoms with Crippen molar-refractivity contribution in [3.63, 3.8) is 0 Å². The van der Waals surface area contributed by atoms with E-state index in [2.05, 4.69) is 19.7 Å². The molecule has 1 aliphatic rings. The van der Waals surface area contributed by atoms with Gasteiger partial charge in [0.1, 0.15) is 12.0 Å². The van der Waals surface area contributed by atoms with Crippen LogP contribution in [0.1, 0.15) is 23.2 Å². The van der Waals surface area contributed by atoms with Crippen molar-refractivity contribution >= 4 is 26.7 Å². The Hall–Kier alpha value is -3.19. The Bertz CT molecular complexity index is 1320. The molecule has 2 N–H and O–H groups in total. The van der Waals surface area contributed by atoms with Crippen molar-refractivity contribution in [2.75, 3.05) is 4.72 Å². The maximum Gasteiger partial charge on any atom is 0.261 e. The van der Waals surface area contributed by atoms with Gasteiger partial charge in [-0.2, -0.15) is 0 Å². The highest BCUT2D eigenvalue weighted by Crippen LogP contribution is 2.28. The number of hydrogen-bond acceptors (Lipinski definition) is 4. The molecule has 1 aliphatic carbocycles. The van der Waals surface area contributed by atoms with E-state index in [1.807, 2.05) is 31.2 Å². The van der Waals surface area contributed by atoms with Crippen molar-refractivity contribution in [1.29, 1.82) is 0 Å². The van der Waals surface area contributed by atoms with Crippen LogP contribution in [0.3, 0.4) is 0 Å². The summed E-state index contributed by atoms with van der Waals surface area (Å²) >= 11 is 0. The zero-order valence-corrected chi connectivity index (χ0v) is 16.8. The number of nitrogens with zero attached hydrogens (tertiary/aromatic N) is 2. The fourth-order valence-electron chi connectivity index (χ4n) is 3.93. The average molecular weight is 404 g/mol. The van der Waals surface area contributed by atoms with Gasteiger partial charge in [0.2, 0.25) is 0 Å². The molecule has 0 unspecified atom stereocenters. The number of aryl methyl sites for hydroxylation is 3. The lowest BCUT2D eigenvalue weighted by molar-refractivity contribution is 0.601. The summed E-state index contributed by atoms with van der Waals surface area (Å²) in [5.74, 6) is 0. The maximum absolute atomic E-state index is 12.8. The average Bonchev–Trinajstić information content (AvgIpc) is 3.32. The van der Waals surface area contributed by atoms with E-state index in [0.29, 0.717) is 10.6 Å². The SMILES string of the molecule is Cc1cc2c(-c3ccc(NS(=O)(=O)c4ccc5c(c4)CCC5)cc3)ncnc2[nH]1. The van der Waals surface area contributed by atoms with Crippen LogP contribution in [0.25, 0.3) is 22.3 Å². The number of nitrogens with one attached hydrogen (secondary N) is 2. The van der Waals surface area contributed by atoms with Crippen molar-refractivity contribution < 1.29 is 8.42 Å². The second-order valence-electron chi connectivity index (χ2n) is 7.40. The Morgan fingerprint density at radius 2 is 1.76 bits per heavy atom. The summed E-state index contributed by atoms with van der Waals surface area (Å²) in [4.78, 5) is 12.2. The summed E-state index contributed by atoms with van der Waals surface area (Å²) in [6.07, 6.45) is 4.59. The lowest BCUT2D eigenvalue weighted by Crippen LogP contribution is -2.13. The number of rotatable bonds is 4. The van der Waals surface area contributed by atoms with Crippen LogP contribution in [0.4, 0.5) is 5.69 Å². The minimum absolute atomic E-state index is 0.308. The molecule has 146 valence electrons. The van der Waals surface area contributed by atoms with Crippen LogP contribution in [0.2, 0.25) is 0 Å². The molecule has 0 saturated heterocycles. The van der Waals surface area contributed by atoms with Crippen LogP contribution in [0.5, 0.6) is 0 Å². The highest BCUT2D eigenvalue weighted by Gasteiger charge is 2.19. The normalized spacial score (nSPS) is 13.6. The second kappa shape index (κ2) is 6.70. The Morgan fingerprint density at radius 1 is 0.966 bits per heavy atom. The van der Waals surface area contributed by atoms with Crippen molar-refractivity contribution in [3.05, 3.63) is 71.7 Å². The number of H-pyrrole nitrogens is 1. The molecule has 0 aliphatic heterocycles. The van der Waals surface area contributed by atoms with Crippen LogP contribution in [0, 0.1) is 6.92 Å². The van der Waals surface area contributed by atoms with Crippen molar-refractivity contribution in [2.24, 2.45) is 0 Å². The molecular formula is C22H20N4O2S. The van der Waals surface area contributed by atoms with Crippen molar-refractivity contribution in [2.45, 2.75) is 31.1 Å². The van der Waals surface area contributed by atoms with Crippen LogP contribution in [0.15, 0.2) is 59.8 Å². The topological polar surface area (TPSA) is 87.7 Å². The Balaban J connectivity index is 1.43. The highest BCUT2D eigenvalue weighted by atomic mass is 32.2. The van der Waals surface area contributed by atoms with Gasteiger partial charge in [0.25, 0.3) is 10.0 Å². The first-order valence-corrected chi connectivity index (χ1v) is 11.0. The zero-order valence-electron chi connectivity index (χ0n) is 15.9. The van der Waals surface area contributed by atoms with Gasteiger partial charge in [-0.05, 0) is 67.6 Å². The van der Waals surface area contributed by atoms with Gasteiger partial charge in [-0.3, -0.25) is 4.72 Å². The van der Waals surface area contributed by atoms with E-state index in [4.69, 9.17) is 0 Å². The number of hydrogen-bond donors (Lipinski definition) is 2. The lowest BCUT2D eigenvalue weighted by atomic mass is 10.1. The quantitative estimate of drug-likeness (QED) is 0.533. The Morgan fingerprint density at radius 3 is 2.59 bits per heavy atom. The standard InChI is InChI=1S/C22H20N4O2S/c1-14-11-20-21(23-13-24-22(20)25-14)16-5-8-18(9-6-16)26-29(27,28)19-10-7-15-3-2-4-17(15)12-19/h5-13,26H,2-4H2,1H3,(H,23,24,25). The van der Waals surface area contributed by atoms with E-state index in [-0.39, 0.29) is 0 Å². The van der Waals surface area contributed by atoms with Crippen molar-refractivity contribution in [3.8, 4) is 11.3 Å². The van der Waals surface area contributed by atoms with E-state index < -0.39 is 10.0 Å². The molecule has 2 aromatic heterocycles. The summed E-state index contributed by atoms with van der Waals surface area (Å²) < 4.78 is 28.3. The fourth-order valence-corrected chi connectivity index (χ4v) is 5.04. The molecule has 0 saturated carbocycles. The molecular weight excluding hydrogens is 384 g/mol. The molecule has 0 amide bonds. The number of anilines is 1. The first-order chi connectivity index (χ1) is 14.0. The monoisotopic (exact) mass is 404 g/mol. The first kappa shape index (κ1) is 17.9. The molecule has 0 spiro atoms. The predicted octanol–water partition coefficient (Wildman–Crippen LogP) is 4.22. The van der Waals surface area contributed by atoms with Gasteiger partial charge in [0.05, 0.1) is 10.6 Å². The second-order valence-corrected chi connectivity index (χ2v) is 9.09. The highest BCUT2D eigenvalue weighted by molar-refractivity contribution is 7.92. The Labute approximate surface area is 169 Å². The third kappa shape index (κ3) is 3.27. The maximum atomic E-state index is 12.8. The number of benzene rings is 2. The molecule has 5 rings (SSSR count). The smallest absolute Gasteiger partial charge is 0.261 e. The molecule has 0 bridgehead atoms. The van der Waals surface area contributed by atoms with E-state index in [0.717, 1.165) is 52.8 Å². The predicted molar refractivity (Wildman–Crippen MR) is 113 cm³/mol. The molecule has 6 nitrogen and oxygen atoms in total. The molecule has 4 aromatic rings. The van der Waals surface area contributed by atoms with Gasteiger partial charge in [0, 0.05) is 22.3 Å². The molecule has 0 fully saturated rings. The molecule has 2 aromatic carbocycles. The Kier molecular flexibility index (Phi) is 4.13. The van der Waals surface area contributed by atoms with Crippen LogP contribution >= 0.6 is 0 Å². The van der Waals surface area contributed by atoms with Crippen LogP contribution < -0.4 is 4.72 Å². The van der Waals surface area contributed by atoms with Gasteiger partial charge in [-0.15, -0.1) is 0 Å². The number of sulfonamides is 1. The number of fused-ring (bicyclic) bond motifs is 2. The fraction of sp³-hybridized carbons (Fsp3) is 0.182. The van der Waals surface area contributed by atoms with E-state index in [9.17, 15) is 8.42 Å². The van der Waals surface area contributed by atoms with E-state index >= 15 is 0 Å². The van der Waals surface area contributed by atoms with Crippen LogP contribution in [-0.2, 0) is 22.9 Å². The summed E-state index contributed by atoms with van der Waals surface area (Å²) in [6.45, 7) is 1.97. The largest absolute Gasteiger partial charge is 0.343 e. The van der Waals surface area contributed by atoms with Gasteiger partial charge in [-0.1, -0.05) is 18.2 Å². The third-order valence-electron chi connectivity index (χ3n) is 5.35. The first-order valence-electron chi connectivity index (χ1n) is 9.55. The summed E-state index contributed by atoms with van der Waals surface area (Å²) in [5, 5.41) is 0.941. The lowest BCUT2D eigenvalue weighted by Gasteiger charge is -2.10. The summed E-state index contributed by atoms with van der Waals surface area (Å²) in [5.41, 5.74) is 6.42. The minimum Gasteiger partial charge on any atom is -0.343 e. The zero-order chi connectivity index (χ0) is 20.0. The number of aromatic nitrogens is 3. The van der Waals surface area contributed by atoms with E-state index in [1.165, 1.54) is 11.9 Å². The third-order valence-corrected chi connectivity index (χ3v) is 6.73. The minimum atomic E-state index is -3.62. The molecule has 7 heteroatoms. The van der Waals surface area contributed by atoms with Crippen LogP contribution in [-0.4, -0.2) is 23.4 Å².